The lowest BCUT2D eigenvalue weighted by atomic mass is 10.1. The van der Waals surface area contributed by atoms with Crippen LogP contribution in [0.5, 0.6) is 0 Å². The van der Waals surface area contributed by atoms with Gasteiger partial charge < -0.3 is 5.73 Å². The molecule has 0 amide bonds. The molecule has 0 aliphatic heterocycles. The molecule has 2 N–H and O–H groups in total. The van der Waals surface area contributed by atoms with Crippen LogP contribution >= 0.6 is 11.3 Å². The van der Waals surface area contributed by atoms with Gasteiger partial charge in [0.15, 0.2) is 0 Å². The maximum Gasteiger partial charge on any atom is 0.138 e. The molecule has 0 spiro atoms. The molecule has 0 saturated heterocycles. The summed E-state index contributed by atoms with van der Waals surface area (Å²) in [7, 11) is 2.04. The third kappa shape index (κ3) is 4.36. The monoisotopic (exact) mass is 303 g/mol. The second-order valence-electron chi connectivity index (χ2n) is 4.85. The first-order valence-corrected chi connectivity index (χ1v) is 7.53. The van der Waals surface area contributed by atoms with Crippen molar-refractivity contribution >= 4 is 11.3 Å². The van der Waals surface area contributed by atoms with Gasteiger partial charge in [0.2, 0.25) is 0 Å². The van der Waals surface area contributed by atoms with E-state index in [0.29, 0.717) is 5.56 Å². The number of nitrogens with zero attached hydrogens (tertiary/aromatic N) is 2. The van der Waals surface area contributed by atoms with Gasteiger partial charge in [0.25, 0.3) is 0 Å². The molecule has 21 heavy (non-hydrogen) atoms. The summed E-state index contributed by atoms with van der Waals surface area (Å²) in [5.74, 6) is 5.15. The third-order valence-corrected chi connectivity index (χ3v) is 3.99. The number of aryl methyl sites for hydroxylation is 1. The zero-order valence-electron chi connectivity index (χ0n) is 12.2. The van der Waals surface area contributed by atoms with Gasteiger partial charge in [-0.25, -0.2) is 9.37 Å². The fraction of sp³-hybridized carbons (Fsp3) is 0.312. The Balaban J connectivity index is 2.07. The van der Waals surface area contributed by atoms with Gasteiger partial charge in [-0.3, -0.25) is 4.90 Å². The number of hydrogen-bond acceptors (Lipinski definition) is 4. The van der Waals surface area contributed by atoms with Crippen LogP contribution < -0.4 is 5.73 Å². The highest BCUT2D eigenvalue weighted by atomic mass is 32.1. The Kier molecular flexibility index (Phi) is 5.45. The number of rotatable bonds is 4. The summed E-state index contributed by atoms with van der Waals surface area (Å²) >= 11 is 1.66. The molecule has 0 aliphatic rings. The molecule has 0 radical (unpaired) electrons. The van der Waals surface area contributed by atoms with Gasteiger partial charge in [0, 0.05) is 18.0 Å². The number of benzene rings is 1. The van der Waals surface area contributed by atoms with Crippen molar-refractivity contribution < 1.29 is 4.39 Å². The predicted molar refractivity (Wildman–Crippen MR) is 84.4 cm³/mol. The van der Waals surface area contributed by atoms with Crippen LogP contribution in [-0.2, 0) is 13.1 Å². The molecular weight excluding hydrogens is 285 g/mol. The van der Waals surface area contributed by atoms with E-state index in [-0.39, 0.29) is 12.4 Å². The van der Waals surface area contributed by atoms with Crippen molar-refractivity contribution in [3.63, 3.8) is 0 Å². The summed E-state index contributed by atoms with van der Waals surface area (Å²) in [5, 5.41) is 0. The van der Waals surface area contributed by atoms with Crippen molar-refractivity contribution in [1.82, 2.24) is 9.88 Å². The average Bonchev–Trinajstić information content (AvgIpc) is 2.85. The van der Waals surface area contributed by atoms with Gasteiger partial charge >= 0.3 is 0 Å². The molecule has 0 aliphatic carbocycles. The zero-order chi connectivity index (χ0) is 15.2. The van der Waals surface area contributed by atoms with E-state index in [1.807, 2.05) is 19.5 Å². The number of aromatic nitrogens is 1. The number of hydrogen-bond donors (Lipinski definition) is 1. The molecule has 0 bridgehead atoms. The van der Waals surface area contributed by atoms with E-state index in [1.165, 1.54) is 10.9 Å². The normalized spacial score (nSPS) is 10.5. The topological polar surface area (TPSA) is 42.2 Å². The molecule has 1 heterocycles. The molecule has 0 atom stereocenters. The van der Waals surface area contributed by atoms with Crippen molar-refractivity contribution in [3.05, 3.63) is 51.2 Å². The molecular formula is C16H18FN3S. The van der Waals surface area contributed by atoms with Gasteiger partial charge in [0.05, 0.1) is 23.3 Å². The average molecular weight is 303 g/mol. The highest BCUT2D eigenvalue weighted by Gasteiger charge is 2.08. The molecule has 1 aromatic heterocycles. The van der Waals surface area contributed by atoms with Crippen molar-refractivity contribution in [1.29, 1.82) is 0 Å². The fourth-order valence-corrected chi connectivity index (χ4v) is 2.86. The van der Waals surface area contributed by atoms with Crippen LogP contribution in [0.15, 0.2) is 23.7 Å². The molecule has 110 valence electrons. The second-order valence-corrected chi connectivity index (χ2v) is 5.79. The van der Waals surface area contributed by atoms with Crippen molar-refractivity contribution in [3.8, 4) is 11.8 Å². The molecule has 1 aromatic carbocycles. The number of thiazole rings is 1. The van der Waals surface area contributed by atoms with Crippen LogP contribution in [0.4, 0.5) is 4.39 Å². The lowest BCUT2D eigenvalue weighted by Gasteiger charge is -2.16. The Labute approximate surface area is 128 Å². The fourth-order valence-electron chi connectivity index (χ4n) is 2.00. The first kappa shape index (κ1) is 15.6. The van der Waals surface area contributed by atoms with Crippen LogP contribution in [-0.4, -0.2) is 23.5 Å². The molecule has 2 aromatic rings. The Morgan fingerprint density at radius 1 is 1.38 bits per heavy atom. The van der Waals surface area contributed by atoms with Gasteiger partial charge in [-0.15, -0.1) is 11.3 Å². The number of halogens is 1. The van der Waals surface area contributed by atoms with E-state index in [2.05, 4.69) is 21.7 Å². The van der Waals surface area contributed by atoms with E-state index in [1.54, 1.807) is 23.5 Å². The van der Waals surface area contributed by atoms with Gasteiger partial charge in [-0.2, -0.15) is 0 Å². The largest absolute Gasteiger partial charge is 0.320 e. The van der Waals surface area contributed by atoms with Crippen LogP contribution in [0.25, 0.3) is 0 Å². The number of nitrogens with two attached hydrogens (primary N) is 1. The highest BCUT2D eigenvalue weighted by Crippen LogP contribution is 2.16. The van der Waals surface area contributed by atoms with E-state index in [4.69, 9.17) is 5.73 Å². The third-order valence-electron chi connectivity index (χ3n) is 3.07. The minimum atomic E-state index is -0.305. The van der Waals surface area contributed by atoms with Crippen LogP contribution in [0, 0.1) is 24.6 Å². The lowest BCUT2D eigenvalue weighted by molar-refractivity contribution is 0.321. The van der Waals surface area contributed by atoms with Crippen LogP contribution in [0.1, 0.15) is 21.7 Å². The van der Waals surface area contributed by atoms with Gasteiger partial charge in [-0.1, -0.05) is 17.9 Å². The summed E-state index contributed by atoms with van der Waals surface area (Å²) in [6.45, 7) is 3.80. The van der Waals surface area contributed by atoms with Crippen LogP contribution in [0.3, 0.4) is 0 Å². The lowest BCUT2D eigenvalue weighted by Crippen LogP contribution is -2.17. The van der Waals surface area contributed by atoms with E-state index in [0.717, 1.165) is 24.3 Å². The van der Waals surface area contributed by atoms with Crippen molar-refractivity contribution in [2.45, 2.75) is 20.0 Å². The maximum absolute atomic E-state index is 13.6. The minimum Gasteiger partial charge on any atom is -0.320 e. The second kappa shape index (κ2) is 7.32. The van der Waals surface area contributed by atoms with Crippen molar-refractivity contribution in [2.24, 2.45) is 5.73 Å². The Morgan fingerprint density at radius 3 is 2.86 bits per heavy atom. The van der Waals surface area contributed by atoms with Crippen LogP contribution in [0.2, 0.25) is 0 Å². The molecule has 0 fully saturated rings. The summed E-state index contributed by atoms with van der Waals surface area (Å²) in [5.41, 5.74) is 9.69. The molecule has 2 rings (SSSR count). The highest BCUT2D eigenvalue weighted by molar-refractivity contribution is 7.09. The van der Waals surface area contributed by atoms with E-state index in [9.17, 15) is 4.39 Å². The quantitative estimate of drug-likeness (QED) is 0.883. The molecule has 0 unspecified atom stereocenters. The van der Waals surface area contributed by atoms with Gasteiger partial charge in [0.1, 0.15) is 5.82 Å². The standard InChI is InChI=1S/C16H18FN3S/c1-12-16(21-11-19-12)10-20(2)9-13-5-6-15(17)14(8-13)4-3-7-18/h5-6,8,11H,7,9-10,18H2,1-2H3. The Bertz CT molecular complexity index is 670. The predicted octanol–water partition coefficient (Wildman–Crippen LogP) is 2.53. The summed E-state index contributed by atoms with van der Waals surface area (Å²) in [6, 6.07) is 5.04. The Morgan fingerprint density at radius 2 is 2.19 bits per heavy atom. The Hall–Kier alpha value is -1.74. The van der Waals surface area contributed by atoms with E-state index < -0.39 is 0 Å². The first-order valence-electron chi connectivity index (χ1n) is 6.65. The van der Waals surface area contributed by atoms with E-state index >= 15 is 0 Å². The smallest absolute Gasteiger partial charge is 0.138 e. The van der Waals surface area contributed by atoms with Gasteiger partial charge in [-0.05, 0) is 31.7 Å². The minimum absolute atomic E-state index is 0.230. The summed E-state index contributed by atoms with van der Waals surface area (Å²) in [4.78, 5) is 7.68. The first-order chi connectivity index (χ1) is 10.1. The maximum atomic E-state index is 13.6. The van der Waals surface area contributed by atoms with Crippen molar-refractivity contribution in [2.75, 3.05) is 13.6 Å². The summed E-state index contributed by atoms with van der Waals surface area (Å²) in [6.07, 6.45) is 0. The zero-order valence-corrected chi connectivity index (χ0v) is 13.0. The molecule has 0 saturated carbocycles. The summed E-state index contributed by atoms with van der Waals surface area (Å²) < 4.78 is 13.6. The molecule has 5 heteroatoms. The molecule has 3 nitrogen and oxygen atoms in total. The SMILES string of the molecule is Cc1ncsc1CN(C)Cc1ccc(F)c(C#CCN)c1.